The van der Waals surface area contributed by atoms with Crippen LogP contribution in [0.4, 0.5) is 0 Å². The second-order valence-corrected chi connectivity index (χ2v) is 6.47. The van der Waals surface area contributed by atoms with E-state index in [0.29, 0.717) is 21.9 Å². The zero-order valence-corrected chi connectivity index (χ0v) is 15.2. The predicted octanol–water partition coefficient (Wildman–Crippen LogP) is 4.12. The second-order valence-electron chi connectivity index (χ2n) is 6.03. The molecule has 2 aromatic carbocycles. The maximum absolute atomic E-state index is 12.7. The van der Waals surface area contributed by atoms with E-state index in [4.69, 9.17) is 16.3 Å². The first-order valence-corrected chi connectivity index (χ1v) is 8.44. The lowest BCUT2D eigenvalue weighted by Crippen LogP contribution is -2.12. The molecule has 0 saturated carbocycles. The average Bonchev–Trinajstić information content (AvgIpc) is 2.87. The standard InChI is InChI=1S/C20H18ClNO4/c1-12-16(10-20(24)25)17-9-15(26-2)7-8-18(17)22(12)11-19(23)13-3-5-14(21)6-4-13/h3-9H,10-11H2,1-2H3,(H,24,25). The number of ether oxygens (including phenoxy) is 1. The summed E-state index contributed by atoms with van der Waals surface area (Å²) in [5.74, 6) is -0.344. The number of Topliss-reactive ketones (excluding diaryl/α,β-unsaturated/α-hetero) is 1. The summed E-state index contributed by atoms with van der Waals surface area (Å²) in [6.45, 7) is 1.95. The van der Waals surface area contributed by atoms with Crippen LogP contribution in [0.15, 0.2) is 42.5 Å². The topological polar surface area (TPSA) is 68.5 Å². The van der Waals surface area contributed by atoms with Gasteiger partial charge in [-0.3, -0.25) is 9.59 Å². The molecule has 0 unspecified atom stereocenters. The zero-order valence-electron chi connectivity index (χ0n) is 14.5. The molecule has 0 aliphatic rings. The monoisotopic (exact) mass is 371 g/mol. The molecular formula is C20H18ClNO4. The van der Waals surface area contributed by atoms with Gasteiger partial charge in [0.15, 0.2) is 5.78 Å². The number of fused-ring (bicyclic) bond motifs is 1. The number of nitrogens with zero attached hydrogens (tertiary/aromatic N) is 1. The largest absolute Gasteiger partial charge is 0.497 e. The normalized spacial score (nSPS) is 10.9. The Kier molecular flexibility index (Phi) is 5.00. The number of hydrogen-bond acceptors (Lipinski definition) is 3. The lowest BCUT2D eigenvalue weighted by Gasteiger charge is -2.08. The first-order chi connectivity index (χ1) is 12.4. The van der Waals surface area contributed by atoms with Gasteiger partial charge < -0.3 is 14.4 Å². The number of ketones is 1. The van der Waals surface area contributed by atoms with Gasteiger partial charge in [-0.2, -0.15) is 0 Å². The van der Waals surface area contributed by atoms with Crippen molar-refractivity contribution in [3.05, 3.63) is 64.3 Å². The smallest absolute Gasteiger partial charge is 0.307 e. The van der Waals surface area contributed by atoms with Crippen LogP contribution in [0.25, 0.3) is 10.9 Å². The number of rotatable bonds is 6. The van der Waals surface area contributed by atoms with Gasteiger partial charge >= 0.3 is 5.97 Å². The molecule has 6 heteroatoms. The minimum atomic E-state index is -0.918. The number of benzene rings is 2. The SMILES string of the molecule is COc1ccc2c(c1)c(CC(=O)O)c(C)n2CC(=O)c1ccc(Cl)cc1. The molecule has 0 aliphatic carbocycles. The Bertz CT molecular complexity index is 989. The highest BCUT2D eigenvalue weighted by atomic mass is 35.5. The summed E-state index contributed by atoms with van der Waals surface area (Å²) in [6.07, 6.45) is -0.113. The third-order valence-corrected chi connectivity index (χ3v) is 4.71. The van der Waals surface area contributed by atoms with Crippen molar-refractivity contribution in [2.75, 3.05) is 7.11 Å². The lowest BCUT2D eigenvalue weighted by molar-refractivity contribution is -0.136. The fourth-order valence-electron chi connectivity index (χ4n) is 3.11. The van der Waals surface area contributed by atoms with Crippen molar-refractivity contribution in [2.24, 2.45) is 0 Å². The van der Waals surface area contributed by atoms with Crippen molar-refractivity contribution in [2.45, 2.75) is 19.9 Å². The Morgan fingerprint density at radius 2 is 1.85 bits per heavy atom. The van der Waals surface area contributed by atoms with E-state index in [0.717, 1.165) is 16.6 Å². The summed E-state index contributed by atoms with van der Waals surface area (Å²) < 4.78 is 7.11. The van der Waals surface area contributed by atoms with Gasteiger partial charge in [0.1, 0.15) is 5.75 Å². The molecular weight excluding hydrogens is 354 g/mol. The maximum Gasteiger partial charge on any atom is 0.307 e. The van der Waals surface area contributed by atoms with Gasteiger partial charge in [0.2, 0.25) is 0 Å². The maximum atomic E-state index is 12.7. The van der Waals surface area contributed by atoms with Gasteiger partial charge in [0.25, 0.3) is 0 Å². The van der Waals surface area contributed by atoms with Crippen molar-refractivity contribution < 1.29 is 19.4 Å². The van der Waals surface area contributed by atoms with Gasteiger partial charge in [0.05, 0.1) is 20.1 Å². The van der Waals surface area contributed by atoms with Crippen LogP contribution in [-0.2, 0) is 17.8 Å². The van der Waals surface area contributed by atoms with E-state index in [9.17, 15) is 14.7 Å². The minimum Gasteiger partial charge on any atom is -0.497 e. The molecule has 0 radical (unpaired) electrons. The van der Waals surface area contributed by atoms with E-state index in [1.54, 1.807) is 37.4 Å². The molecule has 26 heavy (non-hydrogen) atoms. The Balaban J connectivity index is 2.07. The van der Waals surface area contributed by atoms with E-state index >= 15 is 0 Å². The van der Waals surface area contributed by atoms with E-state index in [1.807, 2.05) is 23.6 Å². The van der Waals surface area contributed by atoms with E-state index in [1.165, 1.54) is 0 Å². The number of carbonyl (C=O) groups is 2. The van der Waals surface area contributed by atoms with E-state index in [2.05, 4.69) is 0 Å². The number of hydrogen-bond donors (Lipinski definition) is 1. The molecule has 134 valence electrons. The summed E-state index contributed by atoms with van der Waals surface area (Å²) in [4.78, 5) is 24.0. The summed E-state index contributed by atoms with van der Waals surface area (Å²) in [5, 5.41) is 10.6. The summed E-state index contributed by atoms with van der Waals surface area (Å²) in [7, 11) is 1.56. The van der Waals surface area contributed by atoms with Crippen LogP contribution < -0.4 is 4.74 Å². The number of methoxy groups -OCH3 is 1. The molecule has 1 heterocycles. The molecule has 0 spiro atoms. The van der Waals surface area contributed by atoms with Crippen LogP contribution >= 0.6 is 11.6 Å². The zero-order chi connectivity index (χ0) is 18.8. The quantitative estimate of drug-likeness (QED) is 0.662. The van der Waals surface area contributed by atoms with Crippen molar-refractivity contribution in [3.63, 3.8) is 0 Å². The average molecular weight is 372 g/mol. The van der Waals surface area contributed by atoms with Crippen molar-refractivity contribution >= 4 is 34.3 Å². The fraction of sp³-hybridized carbons (Fsp3) is 0.200. The third kappa shape index (κ3) is 3.44. The van der Waals surface area contributed by atoms with Crippen LogP contribution in [0.5, 0.6) is 5.75 Å². The van der Waals surface area contributed by atoms with Crippen LogP contribution in [0, 0.1) is 6.92 Å². The van der Waals surface area contributed by atoms with Crippen LogP contribution in [0.2, 0.25) is 5.02 Å². The lowest BCUT2D eigenvalue weighted by atomic mass is 10.1. The molecule has 0 fully saturated rings. The van der Waals surface area contributed by atoms with Gasteiger partial charge in [-0.25, -0.2) is 0 Å². The van der Waals surface area contributed by atoms with Gasteiger partial charge in [0, 0.05) is 27.2 Å². The van der Waals surface area contributed by atoms with Crippen LogP contribution in [0.1, 0.15) is 21.6 Å². The summed E-state index contributed by atoms with van der Waals surface area (Å²) in [6, 6.07) is 12.2. The molecule has 0 aliphatic heterocycles. The van der Waals surface area contributed by atoms with Crippen molar-refractivity contribution in [1.29, 1.82) is 0 Å². The van der Waals surface area contributed by atoms with Gasteiger partial charge in [-0.1, -0.05) is 11.6 Å². The first-order valence-electron chi connectivity index (χ1n) is 8.07. The number of carbonyl (C=O) groups excluding carboxylic acids is 1. The van der Waals surface area contributed by atoms with Gasteiger partial charge in [-0.05, 0) is 55.0 Å². The molecule has 3 aromatic rings. The number of carboxylic acid groups (broad SMARTS) is 1. The minimum absolute atomic E-state index is 0.0700. The Morgan fingerprint density at radius 1 is 1.15 bits per heavy atom. The molecule has 0 bridgehead atoms. The molecule has 0 saturated heterocycles. The van der Waals surface area contributed by atoms with Crippen LogP contribution in [0.3, 0.4) is 0 Å². The van der Waals surface area contributed by atoms with Crippen LogP contribution in [-0.4, -0.2) is 28.5 Å². The highest BCUT2D eigenvalue weighted by molar-refractivity contribution is 6.30. The first kappa shape index (κ1) is 18.0. The highest BCUT2D eigenvalue weighted by Gasteiger charge is 2.19. The number of aromatic nitrogens is 1. The molecule has 1 aromatic heterocycles. The fourth-order valence-corrected chi connectivity index (χ4v) is 3.23. The summed E-state index contributed by atoms with van der Waals surface area (Å²) in [5.41, 5.74) is 2.82. The molecule has 0 atom stereocenters. The van der Waals surface area contributed by atoms with E-state index in [-0.39, 0.29) is 18.7 Å². The van der Waals surface area contributed by atoms with Gasteiger partial charge in [-0.15, -0.1) is 0 Å². The number of carboxylic acids is 1. The summed E-state index contributed by atoms with van der Waals surface area (Å²) >= 11 is 5.88. The Labute approximate surface area is 155 Å². The molecule has 5 nitrogen and oxygen atoms in total. The molecule has 1 N–H and O–H groups in total. The molecule has 3 rings (SSSR count). The van der Waals surface area contributed by atoms with E-state index < -0.39 is 5.97 Å². The van der Waals surface area contributed by atoms with Crippen molar-refractivity contribution in [3.8, 4) is 5.75 Å². The Hall–Kier alpha value is -2.79. The molecule has 0 amide bonds. The van der Waals surface area contributed by atoms with Crippen molar-refractivity contribution in [1.82, 2.24) is 4.57 Å². The number of halogens is 1. The predicted molar refractivity (Wildman–Crippen MR) is 100 cm³/mol. The number of aliphatic carboxylic acids is 1. The highest BCUT2D eigenvalue weighted by Crippen LogP contribution is 2.30. The third-order valence-electron chi connectivity index (χ3n) is 4.46. The Morgan fingerprint density at radius 3 is 2.46 bits per heavy atom. The second kappa shape index (κ2) is 7.22.